The van der Waals surface area contributed by atoms with Crippen molar-refractivity contribution >= 4 is 23.2 Å². The summed E-state index contributed by atoms with van der Waals surface area (Å²) < 4.78 is 6.66. The summed E-state index contributed by atoms with van der Waals surface area (Å²) in [5, 5.41) is 11.9. The molecule has 0 saturated heterocycles. The molecular formula is C30H32ClNO3. The lowest BCUT2D eigenvalue weighted by Gasteiger charge is -2.33. The van der Waals surface area contributed by atoms with Crippen molar-refractivity contribution in [2.75, 3.05) is 11.9 Å². The maximum atomic E-state index is 14.1. The molecular weight excluding hydrogens is 458 g/mol. The molecule has 0 radical (unpaired) electrons. The Labute approximate surface area is 212 Å². The number of phenols is 1. The highest BCUT2D eigenvalue weighted by Crippen LogP contribution is 2.59. The van der Waals surface area contributed by atoms with Gasteiger partial charge in [0.2, 0.25) is 5.60 Å². The van der Waals surface area contributed by atoms with E-state index < -0.39 is 5.60 Å². The predicted molar refractivity (Wildman–Crippen MR) is 141 cm³/mol. The number of hydrogen-bond donors (Lipinski definition) is 1. The highest BCUT2D eigenvalue weighted by molar-refractivity contribution is 6.31. The molecule has 0 fully saturated rings. The third kappa shape index (κ3) is 3.37. The summed E-state index contributed by atoms with van der Waals surface area (Å²) in [7, 11) is 1.77. The third-order valence-corrected chi connectivity index (χ3v) is 7.57. The molecule has 0 aromatic heterocycles. The van der Waals surface area contributed by atoms with Gasteiger partial charge >= 0.3 is 0 Å². The number of hydrogen-bond acceptors (Lipinski definition) is 3. The Balaban J connectivity index is 1.86. The number of aromatic hydroxyl groups is 1. The smallest absolute Gasteiger partial charge is 0.276 e. The minimum absolute atomic E-state index is 0.126. The molecule has 1 N–H and O–H groups in total. The van der Waals surface area contributed by atoms with E-state index in [2.05, 4.69) is 53.7 Å². The Morgan fingerprint density at radius 3 is 2.14 bits per heavy atom. The van der Waals surface area contributed by atoms with E-state index in [1.54, 1.807) is 11.9 Å². The van der Waals surface area contributed by atoms with Crippen molar-refractivity contribution in [3.8, 4) is 11.5 Å². The molecule has 1 amide bonds. The van der Waals surface area contributed by atoms with Gasteiger partial charge in [-0.1, -0.05) is 89.5 Å². The van der Waals surface area contributed by atoms with Crippen LogP contribution >= 0.6 is 11.6 Å². The second kappa shape index (κ2) is 7.51. The first-order valence-corrected chi connectivity index (χ1v) is 12.4. The number of halogens is 1. The van der Waals surface area contributed by atoms with Gasteiger partial charge in [-0.05, 0) is 45.7 Å². The number of nitrogens with zero attached hydrogens (tertiary/aromatic N) is 1. The van der Waals surface area contributed by atoms with Crippen LogP contribution in [0.15, 0.2) is 54.6 Å². The SMILES string of the molecule is CN1C(=O)[C@]2(Oc3ccccc3[C@H]2c2cc(C(C)(C)C)c(O)c(C(C)(C)C)c2)c2ccc(Cl)cc21. The fourth-order valence-electron chi connectivity index (χ4n) is 5.59. The summed E-state index contributed by atoms with van der Waals surface area (Å²) in [5.74, 6) is 0.499. The highest BCUT2D eigenvalue weighted by Gasteiger charge is 2.62. The minimum Gasteiger partial charge on any atom is -0.507 e. The first-order chi connectivity index (χ1) is 16.3. The molecule has 5 rings (SSSR count). The number of phenolic OH excluding ortho intramolecular Hbond substituents is 1. The van der Waals surface area contributed by atoms with Gasteiger partial charge in [-0.15, -0.1) is 0 Å². The van der Waals surface area contributed by atoms with E-state index in [0.29, 0.717) is 16.5 Å². The van der Waals surface area contributed by atoms with Gasteiger partial charge in [0.15, 0.2) is 0 Å². The number of carbonyl (C=O) groups is 1. The lowest BCUT2D eigenvalue weighted by atomic mass is 9.71. The highest BCUT2D eigenvalue weighted by atomic mass is 35.5. The average molecular weight is 490 g/mol. The summed E-state index contributed by atoms with van der Waals surface area (Å²) in [6.07, 6.45) is 0. The van der Waals surface area contributed by atoms with E-state index >= 15 is 0 Å². The molecule has 0 bridgehead atoms. The van der Waals surface area contributed by atoms with Gasteiger partial charge in [0.25, 0.3) is 5.91 Å². The van der Waals surface area contributed by atoms with E-state index in [4.69, 9.17) is 16.3 Å². The van der Waals surface area contributed by atoms with Crippen LogP contribution in [0.4, 0.5) is 5.69 Å². The van der Waals surface area contributed by atoms with Gasteiger partial charge in [0.05, 0.1) is 11.6 Å². The maximum Gasteiger partial charge on any atom is 0.276 e. The van der Waals surface area contributed by atoms with Crippen LogP contribution in [-0.2, 0) is 21.2 Å². The van der Waals surface area contributed by atoms with E-state index in [1.807, 2.05) is 42.5 Å². The van der Waals surface area contributed by atoms with Crippen molar-refractivity contribution in [1.82, 2.24) is 0 Å². The number of amides is 1. The second-order valence-electron chi connectivity index (χ2n) is 11.8. The Morgan fingerprint density at radius 2 is 1.54 bits per heavy atom. The molecule has 2 atom stereocenters. The monoisotopic (exact) mass is 489 g/mol. The van der Waals surface area contributed by atoms with E-state index in [9.17, 15) is 9.90 Å². The van der Waals surface area contributed by atoms with Gasteiger partial charge in [0, 0.05) is 23.2 Å². The van der Waals surface area contributed by atoms with Crippen LogP contribution in [0.2, 0.25) is 5.02 Å². The molecule has 2 aliphatic rings. The Kier molecular flexibility index (Phi) is 5.09. The molecule has 35 heavy (non-hydrogen) atoms. The number of ether oxygens (including phenoxy) is 1. The predicted octanol–water partition coefficient (Wildman–Crippen LogP) is 7.04. The molecule has 0 unspecified atom stereocenters. The van der Waals surface area contributed by atoms with Gasteiger partial charge in [0.1, 0.15) is 11.5 Å². The summed E-state index contributed by atoms with van der Waals surface area (Å²) in [5.41, 5.74) is 3.34. The van der Waals surface area contributed by atoms with Crippen LogP contribution in [0.5, 0.6) is 11.5 Å². The van der Waals surface area contributed by atoms with Crippen LogP contribution in [0.3, 0.4) is 0 Å². The van der Waals surface area contributed by atoms with Gasteiger partial charge in [-0.25, -0.2) is 0 Å². The van der Waals surface area contributed by atoms with Crippen LogP contribution in [-0.4, -0.2) is 18.1 Å². The number of fused-ring (bicyclic) bond motifs is 3. The van der Waals surface area contributed by atoms with Crippen molar-refractivity contribution in [3.05, 3.63) is 87.4 Å². The fourth-order valence-corrected chi connectivity index (χ4v) is 5.76. The fraction of sp³-hybridized carbons (Fsp3) is 0.367. The Bertz CT molecular complexity index is 1330. The van der Waals surface area contributed by atoms with E-state index in [1.165, 1.54) is 0 Å². The lowest BCUT2D eigenvalue weighted by molar-refractivity contribution is -0.132. The first-order valence-electron chi connectivity index (χ1n) is 12.0. The standard InChI is InChI=1S/C30H32ClNO3/c1-28(2,3)21-14-17(15-22(26(21)33)29(4,5)6)25-19-10-8-9-11-24(19)35-30(25)20-13-12-18(31)16-23(20)32(7)27(30)34/h8-16,25,33H,1-7H3/t25-,30+/m1/s1. The average Bonchev–Trinajstić information content (AvgIpc) is 3.21. The molecule has 3 aromatic carbocycles. The summed E-state index contributed by atoms with van der Waals surface area (Å²) in [6.45, 7) is 12.6. The van der Waals surface area contributed by atoms with Crippen LogP contribution in [0.1, 0.15) is 75.3 Å². The zero-order valence-electron chi connectivity index (χ0n) is 21.4. The first kappa shape index (κ1) is 23.7. The molecule has 2 heterocycles. The minimum atomic E-state index is -1.25. The van der Waals surface area contributed by atoms with Crippen molar-refractivity contribution in [3.63, 3.8) is 0 Å². The van der Waals surface area contributed by atoms with E-state index in [-0.39, 0.29) is 22.7 Å². The zero-order valence-corrected chi connectivity index (χ0v) is 22.1. The number of para-hydroxylation sites is 1. The normalized spacial score (nSPS) is 21.3. The molecule has 4 nitrogen and oxygen atoms in total. The van der Waals surface area contributed by atoms with Crippen molar-refractivity contribution in [2.24, 2.45) is 0 Å². The van der Waals surface area contributed by atoms with Gasteiger partial charge in [-0.3, -0.25) is 4.79 Å². The molecule has 0 aliphatic carbocycles. The zero-order chi connectivity index (χ0) is 25.5. The maximum absolute atomic E-state index is 14.1. The largest absolute Gasteiger partial charge is 0.507 e. The molecule has 1 spiro atoms. The number of carbonyl (C=O) groups excluding carboxylic acids is 1. The summed E-state index contributed by atoms with van der Waals surface area (Å²) in [6, 6.07) is 17.5. The molecule has 0 saturated carbocycles. The van der Waals surface area contributed by atoms with Crippen LogP contribution in [0.25, 0.3) is 0 Å². The van der Waals surface area contributed by atoms with Crippen molar-refractivity contribution in [1.29, 1.82) is 0 Å². The molecule has 3 aromatic rings. The summed E-state index contributed by atoms with van der Waals surface area (Å²) >= 11 is 6.33. The van der Waals surface area contributed by atoms with Gasteiger partial charge < -0.3 is 14.7 Å². The topological polar surface area (TPSA) is 49.8 Å². The third-order valence-electron chi connectivity index (χ3n) is 7.33. The lowest BCUT2D eigenvalue weighted by Crippen LogP contribution is -2.45. The van der Waals surface area contributed by atoms with Crippen molar-refractivity contribution in [2.45, 2.75) is 63.9 Å². The molecule has 182 valence electrons. The molecule has 5 heteroatoms. The quantitative estimate of drug-likeness (QED) is 0.399. The Morgan fingerprint density at radius 1 is 0.943 bits per heavy atom. The van der Waals surface area contributed by atoms with Crippen LogP contribution in [0, 0.1) is 0 Å². The van der Waals surface area contributed by atoms with Gasteiger partial charge in [-0.2, -0.15) is 0 Å². The van der Waals surface area contributed by atoms with Crippen LogP contribution < -0.4 is 9.64 Å². The number of benzene rings is 3. The van der Waals surface area contributed by atoms with E-state index in [0.717, 1.165) is 33.5 Å². The van der Waals surface area contributed by atoms with Crippen molar-refractivity contribution < 1.29 is 14.6 Å². The second-order valence-corrected chi connectivity index (χ2v) is 12.2. The number of anilines is 1. The molecule has 2 aliphatic heterocycles. The number of rotatable bonds is 1. The summed E-state index contributed by atoms with van der Waals surface area (Å²) in [4.78, 5) is 15.7. The number of likely N-dealkylation sites (N-methyl/N-ethyl adjacent to an activating group) is 1. The Hall–Kier alpha value is -2.98.